The van der Waals surface area contributed by atoms with Gasteiger partial charge >= 0.3 is 0 Å². The fourth-order valence-electron chi connectivity index (χ4n) is 2.39. The quantitative estimate of drug-likeness (QED) is 0.499. The molecule has 0 aliphatic rings. The first-order valence-corrected chi connectivity index (χ1v) is 7.09. The van der Waals surface area contributed by atoms with Crippen molar-refractivity contribution in [2.45, 2.75) is 6.85 Å². The molecule has 0 unspecified atom stereocenters. The maximum Gasteiger partial charge on any atom is 0.0727 e. The van der Waals surface area contributed by atoms with Crippen LogP contribution >= 0.6 is 11.3 Å². The Kier molecular flexibility index (Phi) is 1.94. The van der Waals surface area contributed by atoms with Gasteiger partial charge in [0.25, 0.3) is 0 Å². The third kappa shape index (κ3) is 1.71. The predicted molar refractivity (Wildman–Crippen MR) is 85.1 cm³/mol. The summed E-state index contributed by atoms with van der Waals surface area (Å²) in [5.41, 5.74) is 1.29. The number of aryl methyl sites for hydroxylation is 1. The molecule has 0 radical (unpaired) electrons. The Balaban J connectivity index is 1.99. The number of hydrogen-bond donors (Lipinski definition) is 0. The molecule has 0 saturated heterocycles. The summed E-state index contributed by atoms with van der Waals surface area (Å²) < 4.78 is 25.3. The van der Waals surface area contributed by atoms with E-state index in [1.54, 1.807) is 23.5 Å². The average Bonchev–Trinajstić information content (AvgIpc) is 2.92. The van der Waals surface area contributed by atoms with E-state index in [4.69, 9.17) is 4.11 Å². The molecule has 4 aromatic rings. The van der Waals surface area contributed by atoms with Crippen LogP contribution in [0, 0.1) is 6.85 Å². The van der Waals surface area contributed by atoms with Gasteiger partial charge in [-0.25, -0.2) is 0 Å². The van der Waals surface area contributed by atoms with Crippen molar-refractivity contribution < 1.29 is 4.11 Å². The number of nitrogens with zero attached hydrogens (tertiary/aromatic N) is 2. The zero-order valence-electron chi connectivity index (χ0n) is 13.5. The lowest BCUT2D eigenvalue weighted by atomic mass is 10.1. The molecule has 2 nitrogen and oxygen atoms in total. The molecule has 0 amide bonds. The lowest BCUT2D eigenvalue weighted by molar-refractivity contribution is 1.19. The molecular weight excluding hydrogens is 264 g/mol. The molecule has 0 spiro atoms. The number of aromatic nitrogens is 2. The fourth-order valence-corrected chi connectivity index (χ4v) is 3.45. The number of benzene rings is 1. The van der Waals surface area contributed by atoms with E-state index in [0.717, 1.165) is 15.5 Å². The zero-order valence-corrected chi connectivity index (χ0v) is 11.3. The highest BCUT2D eigenvalue weighted by molar-refractivity contribution is 7.25. The summed E-state index contributed by atoms with van der Waals surface area (Å²) in [5.74, 6) is 0. The van der Waals surface area contributed by atoms with E-state index in [2.05, 4.69) is 22.1 Å². The number of rotatable bonds is 1. The van der Waals surface area contributed by atoms with Crippen molar-refractivity contribution in [3.05, 3.63) is 60.6 Å². The van der Waals surface area contributed by atoms with E-state index in [1.807, 2.05) is 24.4 Å². The van der Waals surface area contributed by atoms with Gasteiger partial charge in [0, 0.05) is 43.2 Å². The Morgan fingerprint density at radius 2 is 1.95 bits per heavy atom. The molecule has 96 valence electrons. The minimum atomic E-state index is -2.26. The zero-order chi connectivity index (χ0) is 16.0. The number of hydrogen-bond acceptors (Lipinski definition) is 3. The molecule has 0 bridgehead atoms. The average molecular weight is 279 g/mol. The van der Waals surface area contributed by atoms with Crippen LogP contribution in [0.25, 0.3) is 31.4 Å². The van der Waals surface area contributed by atoms with Gasteiger partial charge in [0.05, 0.1) is 10.4 Å². The summed E-state index contributed by atoms with van der Waals surface area (Å²) in [6.45, 7) is -2.26. The van der Waals surface area contributed by atoms with E-state index in [9.17, 15) is 0 Å². The second-order valence-electron chi connectivity index (χ2n) is 4.56. The number of thiophene rings is 1. The first-order valence-electron chi connectivity index (χ1n) is 7.77. The van der Waals surface area contributed by atoms with Crippen LogP contribution in [0.5, 0.6) is 0 Å². The van der Waals surface area contributed by atoms with Crippen LogP contribution in [0.15, 0.2) is 54.9 Å². The molecule has 4 rings (SSSR count). The van der Waals surface area contributed by atoms with Crippen LogP contribution in [-0.4, -0.2) is 9.97 Å². The van der Waals surface area contributed by atoms with Crippen molar-refractivity contribution in [1.29, 1.82) is 0 Å². The van der Waals surface area contributed by atoms with Gasteiger partial charge < -0.3 is 0 Å². The van der Waals surface area contributed by atoms with E-state index >= 15 is 0 Å². The van der Waals surface area contributed by atoms with Crippen LogP contribution in [-0.2, 0) is 0 Å². The van der Waals surface area contributed by atoms with Gasteiger partial charge in [-0.05, 0) is 31.1 Å². The highest BCUT2D eigenvalue weighted by atomic mass is 32.1. The van der Waals surface area contributed by atoms with Crippen LogP contribution in [0.4, 0.5) is 0 Å². The van der Waals surface area contributed by atoms with E-state index in [1.165, 1.54) is 10.9 Å². The Labute approximate surface area is 125 Å². The molecule has 3 heteroatoms. The normalized spacial score (nSPS) is 14.1. The molecule has 20 heavy (non-hydrogen) atoms. The van der Waals surface area contributed by atoms with Crippen LogP contribution in [0.1, 0.15) is 9.81 Å². The third-order valence-corrected chi connectivity index (χ3v) is 4.47. The van der Waals surface area contributed by atoms with E-state index in [0.29, 0.717) is 11.3 Å². The Morgan fingerprint density at radius 1 is 1.00 bits per heavy atom. The van der Waals surface area contributed by atoms with Crippen molar-refractivity contribution in [2.75, 3.05) is 0 Å². The van der Waals surface area contributed by atoms with Crippen molar-refractivity contribution >= 4 is 31.5 Å². The summed E-state index contributed by atoms with van der Waals surface area (Å²) in [5, 5.41) is 2.26. The molecule has 0 saturated carbocycles. The second-order valence-corrected chi connectivity index (χ2v) is 5.65. The third-order valence-electron chi connectivity index (χ3n) is 3.35. The van der Waals surface area contributed by atoms with Gasteiger partial charge in [0.15, 0.2) is 0 Å². The highest BCUT2D eigenvalue weighted by Crippen LogP contribution is 2.35. The summed E-state index contributed by atoms with van der Waals surface area (Å²) in [6.07, 6.45) is 3.31. The Bertz CT molecular complexity index is 1020. The second kappa shape index (κ2) is 4.39. The molecular formula is C17H12N2S. The SMILES string of the molecule is [2H]C([2H])([2H])c1ncccc1-c1cc2c(cn1)sc1ccccc12. The summed E-state index contributed by atoms with van der Waals surface area (Å²) in [6, 6.07) is 13.6. The first-order chi connectivity index (χ1) is 11.0. The minimum Gasteiger partial charge on any atom is -0.261 e. The molecule has 1 aromatic carbocycles. The lowest BCUT2D eigenvalue weighted by Crippen LogP contribution is -1.88. The molecule has 0 N–H and O–H groups in total. The van der Waals surface area contributed by atoms with E-state index < -0.39 is 6.85 Å². The van der Waals surface area contributed by atoms with E-state index in [-0.39, 0.29) is 5.69 Å². The van der Waals surface area contributed by atoms with Crippen molar-refractivity contribution in [3.8, 4) is 11.3 Å². The summed E-state index contributed by atoms with van der Waals surface area (Å²) in [4.78, 5) is 8.52. The lowest BCUT2D eigenvalue weighted by Gasteiger charge is -2.04. The first kappa shape index (κ1) is 8.82. The van der Waals surface area contributed by atoms with Crippen molar-refractivity contribution in [3.63, 3.8) is 0 Å². The molecule has 0 aliphatic carbocycles. The molecule has 0 aliphatic heterocycles. The minimum absolute atomic E-state index is 0.0892. The smallest absolute Gasteiger partial charge is 0.0727 e. The number of pyridine rings is 2. The van der Waals surface area contributed by atoms with Gasteiger partial charge in [-0.15, -0.1) is 11.3 Å². The van der Waals surface area contributed by atoms with Crippen molar-refractivity contribution in [1.82, 2.24) is 9.97 Å². The van der Waals surface area contributed by atoms with Crippen LogP contribution in [0.2, 0.25) is 0 Å². The Hall–Kier alpha value is -2.26. The van der Waals surface area contributed by atoms with Crippen LogP contribution < -0.4 is 0 Å². The Morgan fingerprint density at radius 3 is 2.90 bits per heavy atom. The standard InChI is InChI=1S/C17H12N2S/c1-11-12(6-4-8-18-11)15-9-14-13-5-2-3-7-16(13)20-17(14)10-19-15/h2-10H,1H3/i1D3. The molecule has 0 fully saturated rings. The largest absolute Gasteiger partial charge is 0.261 e. The molecule has 3 aromatic heterocycles. The van der Waals surface area contributed by atoms with Gasteiger partial charge in [0.1, 0.15) is 0 Å². The molecule has 3 heterocycles. The summed E-state index contributed by atoms with van der Waals surface area (Å²) >= 11 is 1.69. The van der Waals surface area contributed by atoms with Gasteiger partial charge in [-0.3, -0.25) is 9.97 Å². The van der Waals surface area contributed by atoms with Gasteiger partial charge in [0.2, 0.25) is 0 Å². The maximum atomic E-state index is 7.67. The maximum absolute atomic E-state index is 7.67. The summed E-state index contributed by atoms with van der Waals surface area (Å²) in [7, 11) is 0. The van der Waals surface area contributed by atoms with Gasteiger partial charge in [-0.2, -0.15) is 0 Å². The number of fused-ring (bicyclic) bond motifs is 3. The molecule has 0 atom stereocenters. The van der Waals surface area contributed by atoms with Crippen LogP contribution in [0.3, 0.4) is 0 Å². The highest BCUT2D eigenvalue weighted by Gasteiger charge is 2.09. The van der Waals surface area contributed by atoms with Gasteiger partial charge in [-0.1, -0.05) is 18.2 Å². The fraction of sp³-hybridized carbons (Fsp3) is 0.0588. The monoisotopic (exact) mass is 279 g/mol. The van der Waals surface area contributed by atoms with Crippen molar-refractivity contribution in [2.24, 2.45) is 0 Å². The topological polar surface area (TPSA) is 25.8 Å². The predicted octanol–water partition coefficient (Wildman–Crippen LogP) is 4.82.